The monoisotopic (exact) mass is 304 g/mol. The molecule has 1 aromatic heterocycles. The van der Waals surface area contributed by atoms with Gasteiger partial charge in [-0.25, -0.2) is 4.98 Å². The van der Waals surface area contributed by atoms with Gasteiger partial charge in [-0.2, -0.15) is 4.98 Å². The van der Waals surface area contributed by atoms with Gasteiger partial charge in [0.1, 0.15) is 5.75 Å². The van der Waals surface area contributed by atoms with Crippen molar-refractivity contribution in [3.05, 3.63) is 58.3 Å². The van der Waals surface area contributed by atoms with Crippen LogP contribution in [0, 0.1) is 6.92 Å². The number of para-hydroxylation sites is 1. The summed E-state index contributed by atoms with van der Waals surface area (Å²) in [5.41, 5.74) is 1.78. The third-order valence-corrected chi connectivity index (χ3v) is 3.32. The minimum atomic E-state index is 0.141. The molecule has 0 radical (unpaired) electrons. The van der Waals surface area contributed by atoms with Crippen LogP contribution in [0.15, 0.2) is 42.5 Å². The van der Waals surface area contributed by atoms with E-state index < -0.39 is 0 Å². The summed E-state index contributed by atoms with van der Waals surface area (Å²) >= 11 is 12.1. The highest BCUT2D eigenvalue weighted by Crippen LogP contribution is 2.33. The van der Waals surface area contributed by atoms with Crippen LogP contribution < -0.4 is 4.74 Å². The van der Waals surface area contributed by atoms with E-state index in [2.05, 4.69) is 9.97 Å². The van der Waals surface area contributed by atoms with E-state index in [1.807, 2.05) is 43.3 Å². The number of fused-ring (bicyclic) bond motifs is 1. The van der Waals surface area contributed by atoms with Crippen LogP contribution in [0.3, 0.4) is 0 Å². The molecule has 100 valence electrons. The fraction of sp³-hybridized carbons (Fsp3) is 0.0667. The Labute approximate surface area is 126 Å². The van der Waals surface area contributed by atoms with Crippen molar-refractivity contribution in [3.8, 4) is 11.6 Å². The summed E-state index contributed by atoms with van der Waals surface area (Å²) < 4.78 is 5.82. The molecule has 3 rings (SSSR count). The molecule has 2 aromatic carbocycles. The Morgan fingerprint density at radius 3 is 2.65 bits per heavy atom. The maximum absolute atomic E-state index is 6.14. The average Bonchev–Trinajstić information content (AvgIpc) is 2.43. The molecule has 3 aromatic rings. The minimum absolute atomic E-state index is 0.141. The zero-order chi connectivity index (χ0) is 14.1. The van der Waals surface area contributed by atoms with Gasteiger partial charge in [0.25, 0.3) is 0 Å². The van der Waals surface area contributed by atoms with Crippen LogP contribution in [0.1, 0.15) is 5.56 Å². The molecule has 0 fully saturated rings. The SMILES string of the molecule is Cc1ccc(Cl)c(Oc2nc(Cl)nc3ccccc23)c1. The van der Waals surface area contributed by atoms with Crippen LogP contribution in [0.5, 0.6) is 11.6 Å². The number of aryl methyl sites for hydroxylation is 1. The van der Waals surface area contributed by atoms with Gasteiger partial charge in [0.2, 0.25) is 11.2 Å². The van der Waals surface area contributed by atoms with Crippen LogP contribution >= 0.6 is 23.2 Å². The highest BCUT2D eigenvalue weighted by Gasteiger charge is 2.10. The summed E-state index contributed by atoms with van der Waals surface area (Å²) in [6, 6.07) is 13.1. The number of nitrogens with zero attached hydrogens (tertiary/aromatic N) is 2. The van der Waals surface area contributed by atoms with E-state index in [0.717, 1.165) is 16.5 Å². The first-order chi connectivity index (χ1) is 9.63. The third-order valence-electron chi connectivity index (χ3n) is 2.83. The summed E-state index contributed by atoms with van der Waals surface area (Å²) in [7, 11) is 0. The maximum atomic E-state index is 6.14. The van der Waals surface area contributed by atoms with E-state index in [1.165, 1.54) is 0 Å². The molecule has 0 saturated heterocycles. The van der Waals surface area contributed by atoms with Gasteiger partial charge in [0.15, 0.2) is 0 Å². The lowest BCUT2D eigenvalue weighted by Crippen LogP contribution is -1.93. The molecule has 0 aliphatic rings. The van der Waals surface area contributed by atoms with Gasteiger partial charge in [-0.15, -0.1) is 0 Å². The van der Waals surface area contributed by atoms with E-state index in [9.17, 15) is 0 Å². The molecular weight excluding hydrogens is 295 g/mol. The largest absolute Gasteiger partial charge is 0.437 e. The molecule has 0 amide bonds. The van der Waals surface area contributed by atoms with Gasteiger partial charge in [0.05, 0.1) is 15.9 Å². The summed E-state index contributed by atoms with van der Waals surface area (Å²) in [5, 5.41) is 1.45. The minimum Gasteiger partial charge on any atom is -0.437 e. The van der Waals surface area contributed by atoms with Gasteiger partial charge in [0, 0.05) is 0 Å². The molecule has 3 nitrogen and oxygen atoms in total. The Balaban J connectivity index is 2.13. The molecule has 0 unspecified atom stereocenters. The van der Waals surface area contributed by atoms with Crippen LogP contribution in [-0.4, -0.2) is 9.97 Å². The summed E-state index contributed by atoms with van der Waals surface area (Å²) in [4.78, 5) is 8.30. The topological polar surface area (TPSA) is 35.0 Å². The second-order valence-corrected chi connectivity index (χ2v) is 5.10. The molecule has 0 bridgehead atoms. The highest BCUT2D eigenvalue weighted by atomic mass is 35.5. The average molecular weight is 305 g/mol. The van der Waals surface area contributed by atoms with E-state index >= 15 is 0 Å². The fourth-order valence-corrected chi connectivity index (χ4v) is 2.22. The normalized spacial score (nSPS) is 10.8. The number of aromatic nitrogens is 2. The second kappa shape index (κ2) is 5.27. The molecule has 20 heavy (non-hydrogen) atoms. The van der Waals surface area contributed by atoms with Gasteiger partial charge in [-0.3, -0.25) is 0 Å². The Morgan fingerprint density at radius 1 is 1.00 bits per heavy atom. The first-order valence-corrected chi connectivity index (χ1v) is 6.75. The van der Waals surface area contributed by atoms with Crippen molar-refractivity contribution in [2.24, 2.45) is 0 Å². The number of ether oxygens (including phenoxy) is 1. The van der Waals surface area contributed by atoms with Gasteiger partial charge >= 0.3 is 0 Å². The van der Waals surface area contributed by atoms with Crippen molar-refractivity contribution in [1.29, 1.82) is 0 Å². The van der Waals surface area contributed by atoms with Crippen molar-refractivity contribution in [1.82, 2.24) is 9.97 Å². The standard InChI is InChI=1S/C15H10Cl2N2O/c1-9-6-7-11(16)13(8-9)20-14-10-4-2-3-5-12(10)18-15(17)19-14/h2-8H,1H3. The van der Waals surface area contributed by atoms with Crippen molar-refractivity contribution in [2.45, 2.75) is 6.92 Å². The molecular formula is C15H10Cl2N2O. The molecule has 0 N–H and O–H groups in total. The first kappa shape index (κ1) is 13.2. The maximum Gasteiger partial charge on any atom is 0.231 e. The number of benzene rings is 2. The van der Waals surface area contributed by atoms with Crippen LogP contribution in [0.2, 0.25) is 10.3 Å². The Morgan fingerprint density at radius 2 is 1.80 bits per heavy atom. The summed E-state index contributed by atoms with van der Waals surface area (Å²) in [6.45, 7) is 1.97. The predicted octanol–water partition coefficient (Wildman–Crippen LogP) is 5.04. The van der Waals surface area contributed by atoms with Crippen LogP contribution in [0.25, 0.3) is 10.9 Å². The molecule has 1 heterocycles. The van der Waals surface area contributed by atoms with Crippen LogP contribution in [-0.2, 0) is 0 Å². The second-order valence-electron chi connectivity index (χ2n) is 4.35. The predicted molar refractivity (Wildman–Crippen MR) is 80.8 cm³/mol. The first-order valence-electron chi connectivity index (χ1n) is 6.00. The Bertz CT molecular complexity index is 790. The Kier molecular flexibility index (Phi) is 3.47. The molecule has 0 aliphatic carbocycles. The van der Waals surface area contributed by atoms with E-state index in [0.29, 0.717) is 16.7 Å². The van der Waals surface area contributed by atoms with E-state index in [-0.39, 0.29) is 5.28 Å². The molecule has 5 heteroatoms. The zero-order valence-corrected chi connectivity index (χ0v) is 12.1. The van der Waals surface area contributed by atoms with Gasteiger partial charge in [-0.05, 0) is 48.4 Å². The summed E-state index contributed by atoms with van der Waals surface area (Å²) in [5.74, 6) is 0.944. The van der Waals surface area contributed by atoms with Crippen molar-refractivity contribution in [3.63, 3.8) is 0 Å². The van der Waals surface area contributed by atoms with Crippen molar-refractivity contribution in [2.75, 3.05) is 0 Å². The smallest absolute Gasteiger partial charge is 0.231 e. The molecule has 0 saturated carbocycles. The molecule has 0 aliphatic heterocycles. The molecule has 0 spiro atoms. The van der Waals surface area contributed by atoms with Gasteiger partial charge in [-0.1, -0.05) is 29.8 Å². The van der Waals surface area contributed by atoms with E-state index in [4.69, 9.17) is 27.9 Å². The number of rotatable bonds is 2. The zero-order valence-electron chi connectivity index (χ0n) is 10.6. The van der Waals surface area contributed by atoms with Crippen LogP contribution in [0.4, 0.5) is 0 Å². The Hall–Kier alpha value is -1.84. The number of hydrogen-bond donors (Lipinski definition) is 0. The lowest BCUT2D eigenvalue weighted by atomic mass is 10.2. The highest BCUT2D eigenvalue weighted by molar-refractivity contribution is 6.32. The molecule has 0 atom stereocenters. The van der Waals surface area contributed by atoms with Crippen molar-refractivity contribution >= 4 is 34.1 Å². The number of hydrogen-bond acceptors (Lipinski definition) is 3. The third kappa shape index (κ3) is 2.55. The summed E-state index contributed by atoms with van der Waals surface area (Å²) in [6.07, 6.45) is 0. The fourth-order valence-electron chi connectivity index (χ4n) is 1.89. The van der Waals surface area contributed by atoms with Crippen molar-refractivity contribution < 1.29 is 4.74 Å². The number of halogens is 2. The lowest BCUT2D eigenvalue weighted by molar-refractivity contribution is 0.468. The van der Waals surface area contributed by atoms with E-state index in [1.54, 1.807) is 6.07 Å². The quantitative estimate of drug-likeness (QED) is 0.622. The van der Waals surface area contributed by atoms with Gasteiger partial charge < -0.3 is 4.74 Å². The lowest BCUT2D eigenvalue weighted by Gasteiger charge is -2.10.